The molecule has 0 amide bonds. The van der Waals surface area contributed by atoms with Crippen molar-refractivity contribution in [1.29, 1.82) is 0 Å². The van der Waals surface area contributed by atoms with Gasteiger partial charge < -0.3 is 4.57 Å². The molecule has 0 radical (unpaired) electrons. The van der Waals surface area contributed by atoms with Crippen LogP contribution in [0, 0.1) is 0 Å². The molecule has 1 aromatic rings. The third-order valence-electron chi connectivity index (χ3n) is 0.929. The molecule has 0 unspecified atom stereocenters. The van der Waals surface area contributed by atoms with Crippen LogP contribution >= 0.6 is 0 Å². The van der Waals surface area contributed by atoms with Gasteiger partial charge in [-0.25, -0.2) is 0 Å². The Bertz CT molecular complexity index is 189. The summed E-state index contributed by atoms with van der Waals surface area (Å²) >= 11 is 0. The molecule has 3 heteroatoms. The van der Waals surface area contributed by atoms with E-state index in [2.05, 4.69) is 16.8 Å². The van der Waals surface area contributed by atoms with Crippen LogP contribution in [0.1, 0.15) is 5.82 Å². The quantitative estimate of drug-likeness (QED) is 0.524. The molecule has 1 heterocycles. The summed E-state index contributed by atoms with van der Waals surface area (Å²) in [5.74, 6) is 0.796. The lowest BCUT2D eigenvalue weighted by atomic mass is 10.6. The van der Waals surface area contributed by atoms with Crippen molar-refractivity contribution in [2.45, 2.75) is 0 Å². The lowest BCUT2D eigenvalue weighted by Crippen LogP contribution is -1.87. The normalized spacial score (nSPS) is 9.12. The van der Waals surface area contributed by atoms with Gasteiger partial charge in [-0.3, -0.25) is 0 Å². The van der Waals surface area contributed by atoms with Crippen molar-refractivity contribution >= 4 is 6.08 Å². The van der Waals surface area contributed by atoms with E-state index in [4.69, 9.17) is 0 Å². The van der Waals surface area contributed by atoms with Crippen LogP contribution in [0.15, 0.2) is 12.9 Å². The van der Waals surface area contributed by atoms with Gasteiger partial charge in [0, 0.05) is 7.05 Å². The lowest BCUT2D eigenvalue weighted by molar-refractivity contribution is 0.896. The Hall–Kier alpha value is -1.12. The summed E-state index contributed by atoms with van der Waals surface area (Å²) in [6, 6.07) is 0. The summed E-state index contributed by atoms with van der Waals surface area (Å²) in [7, 11) is 1.87. The van der Waals surface area contributed by atoms with Crippen LogP contribution in [0.25, 0.3) is 6.08 Å². The predicted molar refractivity (Wildman–Crippen MR) is 31.1 cm³/mol. The second kappa shape index (κ2) is 1.78. The summed E-state index contributed by atoms with van der Waals surface area (Å²) in [6.07, 6.45) is 3.30. The van der Waals surface area contributed by atoms with Crippen LogP contribution < -0.4 is 0 Å². The molecule has 0 aliphatic carbocycles. The Kier molecular flexibility index (Phi) is 1.12. The fraction of sp³-hybridized carbons (Fsp3) is 0.200. The van der Waals surface area contributed by atoms with Gasteiger partial charge in [-0.1, -0.05) is 6.58 Å². The highest BCUT2D eigenvalue weighted by atomic mass is 15.2. The van der Waals surface area contributed by atoms with Gasteiger partial charge in [0.05, 0.1) is 0 Å². The maximum absolute atomic E-state index is 3.73. The van der Waals surface area contributed by atoms with Gasteiger partial charge in [0.2, 0.25) is 0 Å². The topological polar surface area (TPSA) is 30.7 Å². The number of aryl methyl sites for hydroxylation is 1. The van der Waals surface area contributed by atoms with Crippen LogP contribution in [0.2, 0.25) is 0 Å². The molecule has 8 heavy (non-hydrogen) atoms. The minimum absolute atomic E-state index is 0.796. The monoisotopic (exact) mass is 109 g/mol. The Balaban J connectivity index is 3.09. The first kappa shape index (κ1) is 5.03. The Morgan fingerprint density at radius 3 is 2.88 bits per heavy atom. The highest BCUT2D eigenvalue weighted by Gasteiger charge is 1.89. The zero-order valence-electron chi connectivity index (χ0n) is 4.70. The molecule has 0 fully saturated rings. The van der Waals surface area contributed by atoms with Crippen molar-refractivity contribution in [3.05, 3.63) is 18.7 Å². The molecule has 0 bridgehead atoms. The average Bonchev–Trinajstić information content (AvgIpc) is 2.14. The molecule has 42 valence electrons. The van der Waals surface area contributed by atoms with Gasteiger partial charge in [-0.15, -0.1) is 10.2 Å². The molecule has 1 rings (SSSR count). The van der Waals surface area contributed by atoms with E-state index in [1.54, 1.807) is 17.0 Å². The number of nitrogens with zero attached hydrogens (tertiary/aromatic N) is 3. The van der Waals surface area contributed by atoms with Crippen molar-refractivity contribution in [1.82, 2.24) is 14.8 Å². The van der Waals surface area contributed by atoms with Crippen molar-refractivity contribution in [2.24, 2.45) is 7.05 Å². The van der Waals surface area contributed by atoms with E-state index >= 15 is 0 Å². The smallest absolute Gasteiger partial charge is 0.155 e. The Labute approximate surface area is 47.7 Å². The van der Waals surface area contributed by atoms with Crippen LogP contribution in [0.4, 0.5) is 0 Å². The highest BCUT2D eigenvalue weighted by Crippen LogP contribution is 1.89. The SMILES string of the molecule is C=Cc1nncn1C. The van der Waals surface area contributed by atoms with E-state index in [9.17, 15) is 0 Å². The second-order valence-corrected chi connectivity index (χ2v) is 1.50. The summed E-state index contributed by atoms with van der Waals surface area (Å²) in [4.78, 5) is 0. The van der Waals surface area contributed by atoms with E-state index in [1.807, 2.05) is 7.05 Å². The van der Waals surface area contributed by atoms with Gasteiger partial charge >= 0.3 is 0 Å². The molecule has 0 N–H and O–H groups in total. The molecule has 0 saturated carbocycles. The van der Waals surface area contributed by atoms with Crippen LogP contribution in [0.3, 0.4) is 0 Å². The number of hydrogen-bond donors (Lipinski definition) is 0. The van der Waals surface area contributed by atoms with E-state index in [-0.39, 0.29) is 0 Å². The molecule has 1 aromatic heterocycles. The largest absolute Gasteiger partial charge is 0.317 e. The molecular weight excluding hydrogens is 102 g/mol. The van der Waals surface area contributed by atoms with Crippen molar-refractivity contribution in [3.63, 3.8) is 0 Å². The third kappa shape index (κ3) is 0.621. The molecule has 3 nitrogen and oxygen atoms in total. The van der Waals surface area contributed by atoms with Gasteiger partial charge in [0.25, 0.3) is 0 Å². The molecule has 0 saturated heterocycles. The number of hydrogen-bond acceptors (Lipinski definition) is 2. The standard InChI is InChI=1S/C5H7N3/c1-3-5-7-6-4-8(5)2/h3-4H,1H2,2H3. The molecule has 0 aromatic carbocycles. The van der Waals surface area contributed by atoms with E-state index in [1.165, 1.54) is 0 Å². The van der Waals surface area contributed by atoms with Crippen LogP contribution in [-0.2, 0) is 7.05 Å². The molecular formula is C5H7N3. The fourth-order valence-electron chi connectivity index (χ4n) is 0.477. The number of rotatable bonds is 1. The van der Waals surface area contributed by atoms with Crippen molar-refractivity contribution in [2.75, 3.05) is 0 Å². The zero-order valence-corrected chi connectivity index (χ0v) is 4.70. The first-order chi connectivity index (χ1) is 3.84. The van der Waals surface area contributed by atoms with Gasteiger partial charge in [0.1, 0.15) is 6.33 Å². The van der Waals surface area contributed by atoms with Crippen molar-refractivity contribution in [3.8, 4) is 0 Å². The highest BCUT2D eigenvalue weighted by molar-refractivity contribution is 5.34. The second-order valence-electron chi connectivity index (χ2n) is 1.50. The van der Waals surface area contributed by atoms with Crippen molar-refractivity contribution < 1.29 is 0 Å². The minimum atomic E-state index is 0.796. The summed E-state index contributed by atoms with van der Waals surface area (Å²) in [5, 5.41) is 7.36. The summed E-state index contributed by atoms with van der Waals surface area (Å²) in [6.45, 7) is 3.54. The number of aromatic nitrogens is 3. The first-order valence-electron chi connectivity index (χ1n) is 2.31. The Morgan fingerprint density at radius 2 is 2.62 bits per heavy atom. The van der Waals surface area contributed by atoms with Gasteiger partial charge in [0.15, 0.2) is 5.82 Å². The third-order valence-corrected chi connectivity index (χ3v) is 0.929. The van der Waals surface area contributed by atoms with E-state index in [0.717, 1.165) is 5.82 Å². The first-order valence-corrected chi connectivity index (χ1v) is 2.31. The maximum atomic E-state index is 3.73. The minimum Gasteiger partial charge on any atom is -0.317 e. The molecule has 0 aliphatic heterocycles. The summed E-state index contributed by atoms with van der Waals surface area (Å²) < 4.78 is 1.80. The Morgan fingerprint density at radius 1 is 1.88 bits per heavy atom. The summed E-state index contributed by atoms with van der Waals surface area (Å²) in [5.41, 5.74) is 0. The van der Waals surface area contributed by atoms with E-state index in [0.29, 0.717) is 0 Å². The lowest BCUT2D eigenvalue weighted by Gasteiger charge is -1.86. The fourth-order valence-corrected chi connectivity index (χ4v) is 0.477. The maximum Gasteiger partial charge on any atom is 0.155 e. The molecule has 0 atom stereocenters. The molecule has 0 spiro atoms. The van der Waals surface area contributed by atoms with Gasteiger partial charge in [-0.2, -0.15) is 0 Å². The molecule has 0 aliphatic rings. The van der Waals surface area contributed by atoms with Gasteiger partial charge in [-0.05, 0) is 6.08 Å². The van der Waals surface area contributed by atoms with Crippen LogP contribution in [0.5, 0.6) is 0 Å². The zero-order chi connectivity index (χ0) is 5.98. The predicted octanol–water partition coefficient (Wildman–Crippen LogP) is 0.458. The van der Waals surface area contributed by atoms with E-state index < -0.39 is 0 Å². The van der Waals surface area contributed by atoms with Crippen LogP contribution in [-0.4, -0.2) is 14.8 Å². The average molecular weight is 109 g/mol.